The van der Waals surface area contributed by atoms with Gasteiger partial charge in [-0.25, -0.2) is 0 Å². The van der Waals surface area contributed by atoms with Gasteiger partial charge in [-0.1, -0.05) is 13.3 Å². The molecule has 0 radical (unpaired) electrons. The Labute approximate surface area is 120 Å². The summed E-state index contributed by atoms with van der Waals surface area (Å²) in [5.74, 6) is 1.69. The Kier molecular flexibility index (Phi) is 6.87. The summed E-state index contributed by atoms with van der Waals surface area (Å²) in [5.41, 5.74) is 6.52. The minimum Gasteiger partial charge on any atom is -0.497 e. The van der Waals surface area contributed by atoms with Crippen LogP contribution in [0.5, 0.6) is 11.5 Å². The standard InChI is InChI=1S/C15H24N2O3/c1-4-11(9-16)7-15(18)17-10-12-5-6-13(19-2)8-14(12)20-3/h5-6,8,11H,4,7,9-10,16H2,1-3H3,(H,17,18). The van der Waals surface area contributed by atoms with E-state index in [1.54, 1.807) is 20.3 Å². The highest BCUT2D eigenvalue weighted by Gasteiger charge is 2.11. The lowest BCUT2D eigenvalue weighted by atomic mass is 10.0. The number of carbonyl (C=O) groups excluding carboxylic acids is 1. The van der Waals surface area contributed by atoms with Crippen molar-refractivity contribution in [3.8, 4) is 11.5 Å². The first-order chi connectivity index (χ1) is 9.64. The summed E-state index contributed by atoms with van der Waals surface area (Å²) in [6.45, 7) is 3.01. The van der Waals surface area contributed by atoms with Gasteiger partial charge in [-0.05, 0) is 24.6 Å². The van der Waals surface area contributed by atoms with Crippen molar-refractivity contribution in [1.82, 2.24) is 5.32 Å². The van der Waals surface area contributed by atoms with Crippen LogP contribution in [-0.4, -0.2) is 26.7 Å². The van der Waals surface area contributed by atoms with E-state index < -0.39 is 0 Å². The van der Waals surface area contributed by atoms with Gasteiger partial charge in [0, 0.05) is 24.6 Å². The Bertz CT molecular complexity index is 431. The van der Waals surface area contributed by atoms with E-state index in [0.717, 1.165) is 17.7 Å². The molecule has 0 fully saturated rings. The van der Waals surface area contributed by atoms with Gasteiger partial charge in [0.15, 0.2) is 0 Å². The van der Waals surface area contributed by atoms with Crippen LogP contribution in [0.3, 0.4) is 0 Å². The van der Waals surface area contributed by atoms with Crippen LogP contribution in [0, 0.1) is 5.92 Å². The Balaban J connectivity index is 2.58. The van der Waals surface area contributed by atoms with E-state index in [-0.39, 0.29) is 11.8 Å². The second-order valence-electron chi connectivity index (χ2n) is 4.67. The van der Waals surface area contributed by atoms with Gasteiger partial charge in [0.25, 0.3) is 0 Å². The number of nitrogens with two attached hydrogens (primary N) is 1. The molecular weight excluding hydrogens is 256 g/mol. The molecule has 5 nitrogen and oxygen atoms in total. The van der Waals surface area contributed by atoms with Gasteiger partial charge in [0.05, 0.1) is 14.2 Å². The zero-order valence-corrected chi connectivity index (χ0v) is 12.4. The largest absolute Gasteiger partial charge is 0.497 e. The van der Waals surface area contributed by atoms with E-state index >= 15 is 0 Å². The highest BCUT2D eigenvalue weighted by molar-refractivity contribution is 5.76. The molecule has 5 heteroatoms. The zero-order valence-electron chi connectivity index (χ0n) is 12.4. The van der Waals surface area contributed by atoms with E-state index in [2.05, 4.69) is 5.32 Å². The molecule has 1 amide bonds. The van der Waals surface area contributed by atoms with Crippen LogP contribution in [0.2, 0.25) is 0 Å². The van der Waals surface area contributed by atoms with Crippen LogP contribution in [0.25, 0.3) is 0 Å². The molecule has 20 heavy (non-hydrogen) atoms. The molecular formula is C15H24N2O3. The van der Waals surface area contributed by atoms with Crippen molar-refractivity contribution in [1.29, 1.82) is 0 Å². The van der Waals surface area contributed by atoms with Crippen LogP contribution in [0.1, 0.15) is 25.3 Å². The quantitative estimate of drug-likeness (QED) is 0.760. The van der Waals surface area contributed by atoms with Crippen molar-refractivity contribution in [3.05, 3.63) is 23.8 Å². The summed E-state index contributed by atoms with van der Waals surface area (Å²) in [5, 5.41) is 2.89. The van der Waals surface area contributed by atoms with Crippen molar-refractivity contribution in [2.45, 2.75) is 26.3 Å². The number of nitrogens with one attached hydrogen (secondary N) is 1. The zero-order chi connectivity index (χ0) is 15.0. The molecule has 1 rings (SSSR count). The number of methoxy groups -OCH3 is 2. The first kappa shape index (κ1) is 16.3. The van der Waals surface area contributed by atoms with Crippen molar-refractivity contribution in [2.24, 2.45) is 11.7 Å². The molecule has 1 atom stereocenters. The monoisotopic (exact) mass is 280 g/mol. The first-order valence-electron chi connectivity index (χ1n) is 6.82. The maximum atomic E-state index is 11.8. The third-order valence-electron chi connectivity index (χ3n) is 3.36. The van der Waals surface area contributed by atoms with E-state index in [1.807, 2.05) is 19.1 Å². The van der Waals surface area contributed by atoms with Gasteiger partial charge in [0.2, 0.25) is 5.91 Å². The molecule has 1 aromatic carbocycles. The van der Waals surface area contributed by atoms with Gasteiger partial charge in [-0.15, -0.1) is 0 Å². The summed E-state index contributed by atoms with van der Waals surface area (Å²) in [6.07, 6.45) is 1.38. The van der Waals surface area contributed by atoms with Crippen LogP contribution in [-0.2, 0) is 11.3 Å². The molecule has 0 spiro atoms. The highest BCUT2D eigenvalue weighted by Crippen LogP contribution is 2.24. The number of ether oxygens (including phenoxy) is 2. The average molecular weight is 280 g/mol. The summed E-state index contributed by atoms with van der Waals surface area (Å²) in [6, 6.07) is 5.53. The Hall–Kier alpha value is -1.75. The van der Waals surface area contributed by atoms with Gasteiger partial charge in [-0.2, -0.15) is 0 Å². The number of amides is 1. The maximum absolute atomic E-state index is 11.8. The van der Waals surface area contributed by atoms with Crippen molar-refractivity contribution in [2.75, 3.05) is 20.8 Å². The van der Waals surface area contributed by atoms with Crippen LogP contribution >= 0.6 is 0 Å². The number of carbonyl (C=O) groups is 1. The third kappa shape index (κ3) is 4.74. The molecule has 0 aliphatic carbocycles. The molecule has 0 saturated carbocycles. The predicted octanol–water partition coefficient (Wildman–Crippen LogP) is 1.69. The van der Waals surface area contributed by atoms with Crippen molar-refractivity contribution < 1.29 is 14.3 Å². The molecule has 0 heterocycles. The smallest absolute Gasteiger partial charge is 0.220 e. The Morgan fingerprint density at radius 1 is 1.35 bits per heavy atom. The Morgan fingerprint density at radius 3 is 2.65 bits per heavy atom. The lowest BCUT2D eigenvalue weighted by Crippen LogP contribution is -2.27. The summed E-state index contributed by atoms with van der Waals surface area (Å²) >= 11 is 0. The molecule has 3 N–H and O–H groups in total. The molecule has 0 bridgehead atoms. The SMILES string of the molecule is CCC(CN)CC(=O)NCc1ccc(OC)cc1OC. The minimum absolute atomic E-state index is 0.0140. The number of hydrogen-bond acceptors (Lipinski definition) is 4. The van der Waals surface area contributed by atoms with Gasteiger partial charge >= 0.3 is 0 Å². The first-order valence-corrected chi connectivity index (χ1v) is 6.82. The van der Waals surface area contributed by atoms with E-state index in [9.17, 15) is 4.79 Å². The van der Waals surface area contributed by atoms with Crippen molar-refractivity contribution >= 4 is 5.91 Å². The third-order valence-corrected chi connectivity index (χ3v) is 3.36. The summed E-state index contributed by atoms with van der Waals surface area (Å²) < 4.78 is 10.4. The molecule has 1 aromatic rings. The van der Waals surface area contributed by atoms with Crippen molar-refractivity contribution in [3.63, 3.8) is 0 Å². The molecule has 0 aliphatic rings. The number of rotatable bonds is 8. The van der Waals surface area contributed by atoms with E-state index in [1.165, 1.54) is 0 Å². The average Bonchev–Trinajstić information content (AvgIpc) is 2.50. The lowest BCUT2D eigenvalue weighted by molar-refractivity contribution is -0.122. The lowest BCUT2D eigenvalue weighted by Gasteiger charge is -2.14. The van der Waals surface area contributed by atoms with E-state index in [4.69, 9.17) is 15.2 Å². The maximum Gasteiger partial charge on any atom is 0.220 e. The van der Waals surface area contributed by atoms with Gasteiger partial charge < -0.3 is 20.5 Å². The van der Waals surface area contributed by atoms with Crippen LogP contribution in [0.4, 0.5) is 0 Å². The topological polar surface area (TPSA) is 73.6 Å². The second-order valence-corrected chi connectivity index (χ2v) is 4.67. The summed E-state index contributed by atoms with van der Waals surface area (Å²) in [4.78, 5) is 11.8. The van der Waals surface area contributed by atoms with Crippen LogP contribution < -0.4 is 20.5 Å². The highest BCUT2D eigenvalue weighted by atomic mass is 16.5. The van der Waals surface area contributed by atoms with Gasteiger partial charge in [-0.3, -0.25) is 4.79 Å². The number of hydrogen-bond donors (Lipinski definition) is 2. The van der Waals surface area contributed by atoms with Gasteiger partial charge in [0.1, 0.15) is 11.5 Å². The number of benzene rings is 1. The molecule has 1 unspecified atom stereocenters. The molecule has 112 valence electrons. The second kappa shape index (κ2) is 8.43. The minimum atomic E-state index is 0.0140. The fourth-order valence-electron chi connectivity index (χ4n) is 1.92. The fraction of sp³-hybridized carbons (Fsp3) is 0.533. The van der Waals surface area contributed by atoms with Crippen LogP contribution in [0.15, 0.2) is 18.2 Å². The predicted molar refractivity (Wildman–Crippen MR) is 78.8 cm³/mol. The normalized spacial score (nSPS) is 11.8. The fourth-order valence-corrected chi connectivity index (χ4v) is 1.92. The molecule has 0 aliphatic heterocycles. The molecule has 0 saturated heterocycles. The molecule has 0 aromatic heterocycles. The van der Waals surface area contributed by atoms with E-state index in [0.29, 0.717) is 25.3 Å². The summed E-state index contributed by atoms with van der Waals surface area (Å²) in [7, 11) is 3.20. The Morgan fingerprint density at radius 2 is 2.10 bits per heavy atom.